The second kappa shape index (κ2) is 9.34. The summed E-state index contributed by atoms with van der Waals surface area (Å²) in [6, 6.07) is 10.3. The minimum absolute atomic E-state index is 0.0695. The quantitative estimate of drug-likeness (QED) is 0.257. The van der Waals surface area contributed by atoms with Crippen LogP contribution in [0.4, 0.5) is 20.4 Å². The van der Waals surface area contributed by atoms with E-state index in [4.69, 9.17) is 4.74 Å². The third kappa shape index (κ3) is 4.36. The lowest BCUT2D eigenvalue weighted by Gasteiger charge is -2.11. The molecule has 0 saturated heterocycles. The van der Waals surface area contributed by atoms with Gasteiger partial charge in [0, 0.05) is 47.5 Å². The smallest absolute Gasteiger partial charge is 0.325 e. The van der Waals surface area contributed by atoms with Gasteiger partial charge < -0.3 is 14.6 Å². The van der Waals surface area contributed by atoms with Crippen molar-refractivity contribution >= 4 is 49.4 Å². The molecule has 2 aromatic carbocycles. The van der Waals surface area contributed by atoms with Crippen LogP contribution in [-0.2, 0) is 33.0 Å². The van der Waals surface area contributed by atoms with Gasteiger partial charge in [-0.2, -0.15) is 4.98 Å². The molecule has 0 amide bonds. The van der Waals surface area contributed by atoms with Crippen LogP contribution in [0.1, 0.15) is 0 Å². The molecule has 194 valence electrons. The molecular weight excluding hydrogens is 520 g/mol. The number of benzene rings is 2. The summed E-state index contributed by atoms with van der Waals surface area (Å²) in [5.74, 6) is -2.49. The van der Waals surface area contributed by atoms with E-state index in [0.29, 0.717) is 11.8 Å². The van der Waals surface area contributed by atoms with Crippen LogP contribution in [0.25, 0.3) is 21.9 Å². The number of aromatic nitrogens is 4. The normalized spacial score (nSPS) is 11.7. The summed E-state index contributed by atoms with van der Waals surface area (Å²) in [7, 11) is -1.94. The van der Waals surface area contributed by atoms with Gasteiger partial charge in [0.15, 0.2) is 0 Å². The van der Waals surface area contributed by atoms with Gasteiger partial charge in [-0.05, 0) is 42.5 Å². The summed E-state index contributed by atoms with van der Waals surface area (Å²) in [6.45, 7) is 0.0695. The van der Waals surface area contributed by atoms with Crippen molar-refractivity contribution in [1.29, 1.82) is 0 Å². The van der Waals surface area contributed by atoms with E-state index in [-0.39, 0.29) is 29.5 Å². The monoisotopic (exact) mass is 539 g/mol. The molecule has 0 saturated carbocycles. The van der Waals surface area contributed by atoms with E-state index in [9.17, 15) is 26.8 Å². The van der Waals surface area contributed by atoms with E-state index in [1.54, 1.807) is 16.8 Å². The van der Waals surface area contributed by atoms with Crippen molar-refractivity contribution in [1.82, 2.24) is 19.1 Å². The van der Waals surface area contributed by atoms with Crippen LogP contribution in [0, 0.1) is 11.6 Å². The molecule has 3 heterocycles. The largest absolute Gasteiger partial charge is 0.468 e. The Kier molecular flexibility index (Phi) is 6.15. The fourth-order valence-corrected chi connectivity index (χ4v) is 5.48. The van der Waals surface area contributed by atoms with Gasteiger partial charge in [-0.15, -0.1) is 0 Å². The first-order valence-electron chi connectivity index (χ1n) is 11.1. The van der Waals surface area contributed by atoms with E-state index >= 15 is 0 Å². The highest BCUT2D eigenvalue weighted by molar-refractivity contribution is 7.91. The maximum Gasteiger partial charge on any atom is 0.325 e. The number of anilines is 2. The first-order valence-corrected chi connectivity index (χ1v) is 12.6. The molecule has 38 heavy (non-hydrogen) atoms. The van der Waals surface area contributed by atoms with Gasteiger partial charge in [0.05, 0.1) is 7.11 Å². The highest BCUT2D eigenvalue weighted by Gasteiger charge is 2.27. The van der Waals surface area contributed by atoms with Crippen molar-refractivity contribution < 1.29 is 26.7 Å². The number of nitrogens with zero attached hydrogens (tertiary/aromatic N) is 4. The van der Waals surface area contributed by atoms with Crippen molar-refractivity contribution in [3.05, 3.63) is 82.9 Å². The molecule has 0 aliphatic rings. The van der Waals surface area contributed by atoms with Gasteiger partial charge in [0.2, 0.25) is 15.8 Å². The Morgan fingerprint density at radius 3 is 2.58 bits per heavy atom. The molecule has 3 aromatic heterocycles. The van der Waals surface area contributed by atoms with Crippen LogP contribution in [-0.4, -0.2) is 40.6 Å². The van der Waals surface area contributed by atoms with E-state index in [0.717, 1.165) is 33.7 Å². The number of carbonyl (C=O) groups is 1. The molecule has 0 spiro atoms. The van der Waals surface area contributed by atoms with Crippen LogP contribution in [0.2, 0.25) is 0 Å². The van der Waals surface area contributed by atoms with Crippen molar-refractivity contribution in [3.63, 3.8) is 0 Å². The zero-order chi connectivity index (χ0) is 27.2. The fourth-order valence-electron chi connectivity index (χ4n) is 4.03. The number of esters is 1. The van der Waals surface area contributed by atoms with Crippen molar-refractivity contribution in [2.75, 3.05) is 12.4 Å². The maximum atomic E-state index is 14.2. The number of fused-ring (bicyclic) bond motifs is 2. The lowest BCUT2D eigenvalue weighted by Crippen LogP contribution is -2.25. The Balaban J connectivity index is 1.49. The highest BCUT2D eigenvalue weighted by Crippen LogP contribution is 2.26. The van der Waals surface area contributed by atoms with Gasteiger partial charge in [-0.25, -0.2) is 22.2 Å². The molecular formula is C25H19F2N5O5S. The van der Waals surface area contributed by atoms with Crippen LogP contribution in [0.5, 0.6) is 0 Å². The third-order valence-corrected chi connectivity index (χ3v) is 7.72. The average molecular weight is 540 g/mol. The lowest BCUT2D eigenvalue weighted by atomic mass is 10.2. The zero-order valence-corrected chi connectivity index (χ0v) is 20.8. The van der Waals surface area contributed by atoms with Gasteiger partial charge in [0.1, 0.15) is 33.6 Å². The Labute approximate surface area is 214 Å². The van der Waals surface area contributed by atoms with E-state index in [2.05, 4.69) is 15.3 Å². The second-order valence-electron chi connectivity index (χ2n) is 8.34. The summed E-state index contributed by atoms with van der Waals surface area (Å²) in [5, 5.41) is 4.10. The topological polar surface area (TPSA) is 125 Å². The lowest BCUT2D eigenvalue weighted by molar-refractivity contribution is -0.141. The molecule has 0 atom stereocenters. The van der Waals surface area contributed by atoms with E-state index in [1.807, 2.05) is 18.2 Å². The van der Waals surface area contributed by atoms with Crippen molar-refractivity contribution in [2.45, 2.75) is 16.3 Å². The number of nitrogens with one attached hydrogen (secondary N) is 1. The number of methoxy groups -OCH3 is 1. The van der Waals surface area contributed by atoms with E-state index < -0.39 is 36.8 Å². The van der Waals surface area contributed by atoms with Gasteiger partial charge in [-0.3, -0.25) is 14.2 Å². The Bertz CT molecular complexity index is 1920. The number of ether oxygens (including phenoxy) is 1. The standard InChI is InChI=1S/C25H19F2N5O5S/c1-31-23-15(10-21(24(31)34)38(35,36)20-6-3-16(26)11-18(20)27)12-28-25(30-23)29-17-4-5-19-14(9-17)7-8-32(19)13-22(33)37-2/h3-12H,13H2,1-2H3,(H,28,29,30). The number of hydrogen-bond donors (Lipinski definition) is 1. The number of hydrogen-bond acceptors (Lipinski definition) is 8. The van der Waals surface area contributed by atoms with Crippen molar-refractivity contribution in [3.8, 4) is 0 Å². The maximum absolute atomic E-state index is 14.2. The first-order chi connectivity index (χ1) is 18.1. The number of aryl methyl sites for hydroxylation is 1. The van der Waals surface area contributed by atoms with Crippen LogP contribution in [0.15, 0.2) is 75.5 Å². The van der Waals surface area contributed by atoms with Crippen LogP contribution < -0.4 is 10.9 Å². The molecule has 5 rings (SSSR count). The van der Waals surface area contributed by atoms with Crippen molar-refractivity contribution in [2.24, 2.45) is 7.05 Å². The third-order valence-electron chi connectivity index (χ3n) is 5.94. The number of sulfone groups is 1. The molecule has 0 fully saturated rings. The zero-order valence-electron chi connectivity index (χ0n) is 20.0. The summed E-state index contributed by atoms with van der Waals surface area (Å²) < 4.78 is 61.0. The van der Waals surface area contributed by atoms with Gasteiger partial charge in [-0.1, -0.05) is 0 Å². The summed E-state index contributed by atoms with van der Waals surface area (Å²) >= 11 is 0. The Morgan fingerprint density at radius 1 is 1.05 bits per heavy atom. The molecule has 13 heteroatoms. The molecule has 1 N–H and O–H groups in total. The molecule has 5 aromatic rings. The number of rotatable bonds is 6. The number of halogens is 2. The average Bonchev–Trinajstić information content (AvgIpc) is 3.27. The molecule has 10 nitrogen and oxygen atoms in total. The van der Waals surface area contributed by atoms with Gasteiger partial charge in [0.25, 0.3) is 5.56 Å². The Morgan fingerprint density at radius 2 is 1.84 bits per heavy atom. The Hall–Kier alpha value is -4.65. The SMILES string of the molecule is COC(=O)Cn1ccc2cc(Nc3ncc4cc(S(=O)(=O)c5ccc(F)cc5F)c(=O)n(C)c4n3)ccc21. The molecule has 0 radical (unpaired) electrons. The first kappa shape index (κ1) is 25.0. The molecule has 0 aliphatic heterocycles. The van der Waals surface area contributed by atoms with E-state index in [1.165, 1.54) is 20.4 Å². The molecule has 0 aliphatic carbocycles. The van der Waals surface area contributed by atoms with Gasteiger partial charge >= 0.3 is 5.97 Å². The second-order valence-corrected chi connectivity index (χ2v) is 10.2. The summed E-state index contributed by atoms with van der Waals surface area (Å²) in [5.41, 5.74) is 0.647. The predicted molar refractivity (Wildman–Crippen MR) is 134 cm³/mol. The highest BCUT2D eigenvalue weighted by atomic mass is 32.2. The fraction of sp³-hybridized carbons (Fsp3) is 0.120. The predicted octanol–water partition coefficient (Wildman–Crippen LogP) is 3.31. The van der Waals surface area contributed by atoms with Crippen LogP contribution in [0.3, 0.4) is 0 Å². The van der Waals surface area contributed by atoms with Crippen LogP contribution >= 0.6 is 0 Å². The molecule has 0 bridgehead atoms. The summed E-state index contributed by atoms with van der Waals surface area (Å²) in [4.78, 5) is 31.6. The minimum Gasteiger partial charge on any atom is -0.468 e. The minimum atomic E-state index is -4.60. The number of carbonyl (C=O) groups excluding carboxylic acids is 1. The molecule has 0 unspecified atom stereocenters. The summed E-state index contributed by atoms with van der Waals surface area (Å²) in [6.07, 6.45) is 3.09. The number of pyridine rings is 1.